The highest BCUT2D eigenvalue weighted by molar-refractivity contribution is 5.79. The number of nitrogens with zero attached hydrogens (tertiary/aromatic N) is 2. The predicted molar refractivity (Wildman–Crippen MR) is 91.9 cm³/mol. The first kappa shape index (κ1) is 15.5. The maximum Gasteiger partial charge on any atom is 0.317 e. The van der Waals surface area contributed by atoms with Crippen molar-refractivity contribution in [2.24, 2.45) is 0 Å². The summed E-state index contributed by atoms with van der Waals surface area (Å²) in [4.78, 5) is 28.3. The molecule has 1 aromatic rings. The molecule has 4 rings (SSSR count). The maximum absolute atomic E-state index is 12.6. The molecule has 128 valence electrons. The average molecular weight is 327 g/mol. The number of rotatable bonds is 3. The fourth-order valence-corrected chi connectivity index (χ4v) is 4.28. The quantitative estimate of drug-likeness (QED) is 0.919. The van der Waals surface area contributed by atoms with E-state index in [1.54, 1.807) is 0 Å². The Morgan fingerprint density at radius 2 is 1.92 bits per heavy atom. The Hall–Kier alpha value is -2.04. The van der Waals surface area contributed by atoms with Crippen LogP contribution >= 0.6 is 0 Å². The SMILES string of the molecule is O=C(Cc1ccc2c(c1)CCC2)N1CCC(N2CCNC2=O)CC1. The van der Waals surface area contributed by atoms with Crippen molar-refractivity contribution in [2.75, 3.05) is 26.2 Å². The number of piperidine rings is 1. The van der Waals surface area contributed by atoms with Gasteiger partial charge in [-0.05, 0) is 48.8 Å². The summed E-state index contributed by atoms with van der Waals surface area (Å²) < 4.78 is 0. The smallest absolute Gasteiger partial charge is 0.317 e. The Bertz CT molecular complexity index is 650. The fourth-order valence-electron chi connectivity index (χ4n) is 4.28. The van der Waals surface area contributed by atoms with Crippen molar-refractivity contribution in [3.05, 3.63) is 34.9 Å². The lowest BCUT2D eigenvalue weighted by molar-refractivity contribution is -0.131. The number of nitrogens with one attached hydrogen (secondary N) is 1. The van der Waals surface area contributed by atoms with Crippen LogP contribution in [0.5, 0.6) is 0 Å². The average Bonchev–Trinajstić information content (AvgIpc) is 3.23. The number of hydrogen-bond donors (Lipinski definition) is 1. The molecule has 3 aliphatic rings. The monoisotopic (exact) mass is 327 g/mol. The molecule has 2 heterocycles. The third-order valence-corrected chi connectivity index (χ3v) is 5.67. The first-order valence-corrected chi connectivity index (χ1v) is 9.13. The van der Waals surface area contributed by atoms with Crippen LogP contribution < -0.4 is 5.32 Å². The maximum atomic E-state index is 12.6. The molecule has 1 N–H and O–H groups in total. The van der Waals surface area contributed by atoms with Gasteiger partial charge in [0.2, 0.25) is 5.91 Å². The highest BCUT2D eigenvalue weighted by Crippen LogP contribution is 2.24. The molecule has 2 fully saturated rings. The number of likely N-dealkylation sites (tertiary alicyclic amines) is 1. The summed E-state index contributed by atoms with van der Waals surface area (Å²) >= 11 is 0. The zero-order chi connectivity index (χ0) is 16.5. The lowest BCUT2D eigenvalue weighted by atomic mass is 10.0. The van der Waals surface area contributed by atoms with E-state index >= 15 is 0 Å². The van der Waals surface area contributed by atoms with E-state index in [-0.39, 0.29) is 18.0 Å². The van der Waals surface area contributed by atoms with Crippen LogP contribution in [-0.4, -0.2) is 54.0 Å². The van der Waals surface area contributed by atoms with Gasteiger partial charge in [-0.3, -0.25) is 4.79 Å². The molecule has 0 aromatic heterocycles. The number of aryl methyl sites for hydroxylation is 2. The van der Waals surface area contributed by atoms with Gasteiger partial charge in [0.05, 0.1) is 6.42 Å². The van der Waals surface area contributed by atoms with Gasteiger partial charge in [0, 0.05) is 32.2 Å². The van der Waals surface area contributed by atoms with Gasteiger partial charge < -0.3 is 15.1 Å². The van der Waals surface area contributed by atoms with E-state index in [1.165, 1.54) is 24.0 Å². The molecular formula is C19H25N3O2. The van der Waals surface area contributed by atoms with Gasteiger partial charge in [-0.1, -0.05) is 18.2 Å². The number of hydrogen-bond acceptors (Lipinski definition) is 2. The summed E-state index contributed by atoms with van der Waals surface area (Å²) in [6.07, 6.45) is 5.86. The lowest BCUT2D eigenvalue weighted by Crippen LogP contribution is -2.48. The van der Waals surface area contributed by atoms with Crippen LogP contribution in [0, 0.1) is 0 Å². The summed E-state index contributed by atoms with van der Waals surface area (Å²) in [6.45, 7) is 3.07. The standard InChI is InChI=1S/C19H25N3O2/c23-18(13-14-4-5-15-2-1-3-16(15)12-14)21-9-6-17(7-10-21)22-11-8-20-19(22)24/h4-5,12,17H,1-3,6-11,13H2,(H,20,24). The van der Waals surface area contributed by atoms with Crippen LogP contribution in [0.1, 0.15) is 36.0 Å². The zero-order valence-electron chi connectivity index (χ0n) is 14.1. The van der Waals surface area contributed by atoms with Gasteiger partial charge in [-0.25, -0.2) is 4.79 Å². The Balaban J connectivity index is 1.32. The van der Waals surface area contributed by atoms with Crippen molar-refractivity contribution in [1.29, 1.82) is 0 Å². The topological polar surface area (TPSA) is 52.7 Å². The minimum atomic E-state index is 0.0536. The van der Waals surface area contributed by atoms with E-state index in [4.69, 9.17) is 0 Å². The second kappa shape index (κ2) is 6.46. The van der Waals surface area contributed by atoms with E-state index in [1.807, 2.05) is 9.80 Å². The van der Waals surface area contributed by atoms with Crippen molar-refractivity contribution in [3.63, 3.8) is 0 Å². The van der Waals surface area contributed by atoms with E-state index in [0.29, 0.717) is 6.42 Å². The van der Waals surface area contributed by atoms with E-state index in [0.717, 1.165) is 51.0 Å². The van der Waals surface area contributed by atoms with Crippen LogP contribution in [0.25, 0.3) is 0 Å². The van der Waals surface area contributed by atoms with Crippen molar-refractivity contribution < 1.29 is 9.59 Å². The van der Waals surface area contributed by atoms with Crippen LogP contribution in [0.3, 0.4) is 0 Å². The van der Waals surface area contributed by atoms with E-state index < -0.39 is 0 Å². The predicted octanol–water partition coefficient (Wildman–Crippen LogP) is 1.73. The van der Waals surface area contributed by atoms with Crippen molar-refractivity contribution in [1.82, 2.24) is 15.1 Å². The van der Waals surface area contributed by atoms with Crippen molar-refractivity contribution in [2.45, 2.75) is 44.6 Å². The molecule has 2 aliphatic heterocycles. The Labute approximate surface area is 143 Å². The number of fused-ring (bicyclic) bond motifs is 1. The highest BCUT2D eigenvalue weighted by atomic mass is 16.2. The summed E-state index contributed by atoms with van der Waals surface area (Å²) in [6, 6.07) is 6.88. The number of carbonyl (C=O) groups excluding carboxylic acids is 2. The fraction of sp³-hybridized carbons (Fsp3) is 0.579. The van der Waals surface area contributed by atoms with Crippen LogP contribution in [0.2, 0.25) is 0 Å². The summed E-state index contributed by atoms with van der Waals surface area (Å²) in [7, 11) is 0. The van der Waals surface area contributed by atoms with Gasteiger partial charge >= 0.3 is 6.03 Å². The third-order valence-electron chi connectivity index (χ3n) is 5.67. The Morgan fingerprint density at radius 3 is 2.67 bits per heavy atom. The van der Waals surface area contributed by atoms with Gasteiger partial charge in [-0.15, -0.1) is 0 Å². The summed E-state index contributed by atoms with van der Waals surface area (Å²) in [5.74, 6) is 0.220. The molecule has 0 radical (unpaired) electrons. The van der Waals surface area contributed by atoms with Crippen LogP contribution in [0.15, 0.2) is 18.2 Å². The molecule has 0 bridgehead atoms. The molecule has 1 aromatic carbocycles. The first-order valence-electron chi connectivity index (χ1n) is 9.13. The van der Waals surface area contributed by atoms with E-state index in [9.17, 15) is 9.59 Å². The third kappa shape index (κ3) is 2.99. The molecule has 0 spiro atoms. The van der Waals surface area contributed by atoms with Crippen molar-refractivity contribution in [3.8, 4) is 0 Å². The van der Waals surface area contributed by atoms with Gasteiger partial charge in [0.15, 0.2) is 0 Å². The molecule has 0 atom stereocenters. The molecule has 3 amide bonds. The normalized spacial score (nSPS) is 21.1. The minimum absolute atomic E-state index is 0.0536. The number of benzene rings is 1. The number of amides is 3. The molecule has 1 aliphatic carbocycles. The molecule has 24 heavy (non-hydrogen) atoms. The number of carbonyl (C=O) groups is 2. The van der Waals surface area contributed by atoms with Crippen LogP contribution in [-0.2, 0) is 24.1 Å². The van der Waals surface area contributed by atoms with Gasteiger partial charge in [0.25, 0.3) is 0 Å². The van der Waals surface area contributed by atoms with E-state index in [2.05, 4.69) is 23.5 Å². The minimum Gasteiger partial charge on any atom is -0.342 e. The van der Waals surface area contributed by atoms with Gasteiger partial charge in [-0.2, -0.15) is 0 Å². The molecule has 0 saturated carbocycles. The first-order chi connectivity index (χ1) is 11.7. The lowest BCUT2D eigenvalue weighted by Gasteiger charge is -2.36. The highest BCUT2D eigenvalue weighted by Gasteiger charge is 2.31. The summed E-state index contributed by atoms with van der Waals surface area (Å²) in [5.41, 5.74) is 4.02. The van der Waals surface area contributed by atoms with Gasteiger partial charge in [0.1, 0.15) is 0 Å². The zero-order valence-corrected chi connectivity index (χ0v) is 14.1. The van der Waals surface area contributed by atoms with Crippen molar-refractivity contribution >= 4 is 11.9 Å². The molecule has 5 nitrogen and oxygen atoms in total. The molecule has 5 heteroatoms. The Morgan fingerprint density at radius 1 is 1.12 bits per heavy atom. The second-order valence-electron chi connectivity index (χ2n) is 7.17. The molecule has 0 unspecified atom stereocenters. The summed E-state index contributed by atoms with van der Waals surface area (Å²) in [5, 5.41) is 2.86. The molecular weight excluding hydrogens is 302 g/mol. The number of urea groups is 1. The second-order valence-corrected chi connectivity index (χ2v) is 7.17. The molecule has 2 saturated heterocycles. The van der Waals surface area contributed by atoms with Crippen LogP contribution in [0.4, 0.5) is 4.79 Å². The Kier molecular flexibility index (Phi) is 4.17. The largest absolute Gasteiger partial charge is 0.342 e.